The molecule has 0 saturated heterocycles. The van der Waals surface area contributed by atoms with Crippen molar-refractivity contribution in [2.45, 2.75) is 18.9 Å². The van der Waals surface area contributed by atoms with Gasteiger partial charge in [0.25, 0.3) is 0 Å². The Kier molecular flexibility index (Phi) is 6.44. The molecule has 0 radical (unpaired) electrons. The maximum atomic E-state index is 12.3. The zero-order valence-electron chi connectivity index (χ0n) is 15.4. The van der Waals surface area contributed by atoms with Crippen molar-refractivity contribution in [1.82, 2.24) is 9.97 Å². The van der Waals surface area contributed by atoms with Gasteiger partial charge in [0.1, 0.15) is 5.03 Å². The molecule has 2 aromatic carbocycles. The van der Waals surface area contributed by atoms with E-state index in [1.165, 1.54) is 18.7 Å². The number of amides is 1. The van der Waals surface area contributed by atoms with Gasteiger partial charge in [-0.15, -0.1) is 0 Å². The maximum absolute atomic E-state index is 12.3. The van der Waals surface area contributed by atoms with Gasteiger partial charge in [0.2, 0.25) is 5.91 Å². The molecule has 0 fully saturated rings. The summed E-state index contributed by atoms with van der Waals surface area (Å²) in [5.74, 6) is 0.298. The highest BCUT2D eigenvalue weighted by molar-refractivity contribution is 8.00. The summed E-state index contributed by atoms with van der Waals surface area (Å²) in [7, 11) is 0. The molecular weight excluding hydrogens is 394 g/mol. The smallest absolute Gasteiger partial charge is 0.234 e. The zero-order chi connectivity index (χ0) is 20.1. The molecule has 5 nitrogen and oxygen atoms in total. The van der Waals surface area contributed by atoms with Crippen molar-refractivity contribution in [1.29, 1.82) is 0 Å². The molecule has 3 aromatic rings. The summed E-state index contributed by atoms with van der Waals surface area (Å²) >= 11 is 7.15. The van der Waals surface area contributed by atoms with E-state index in [2.05, 4.69) is 15.3 Å². The lowest BCUT2D eigenvalue weighted by molar-refractivity contribution is -0.113. The first-order valence-electron chi connectivity index (χ1n) is 8.57. The van der Waals surface area contributed by atoms with E-state index >= 15 is 0 Å². The van der Waals surface area contributed by atoms with Crippen LogP contribution in [0.5, 0.6) is 0 Å². The topological polar surface area (TPSA) is 72.0 Å². The SMILES string of the molecule is CC(=O)c1c(C)nc(-c2ccccc2)nc1SCC(=O)Nc1cccc(Cl)c1. The first-order chi connectivity index (χ1) is 13.4. The number of thioether (sulfide) groups is 1. The number of nitrogens with zero attached hydrogens (tertiary/aromatic N) is 2. The number of hydrogen-bond acceptors (Lipinski definition) is 5. The normalized spacial score (nSPS) is 10.5. The van der Waals surface area contributed by atoms with Crippen LogP contribution in [0, 0.1) is 6.92 Å². The number of anilines is 1. The van der Waals surface area contributed by atoms with Gasteiger partial charge in [-0.3, -0.25) is 9.59 Å². The van der Waals surface area contributed by atoms with E-state index in [-0.39, 0.29) is 17.4 Å². The number of nitrogens with one attached hydrogen (secondary N) is 1. The molecule has 0 aliphatic heterocycles. The van der Waals surface area contributed by atoms with E-state index in [0.717, 1.165) is 5.56 Å². The van der Waals surface area contributed by atoms with E-state index in [1.54, 1.807) is 31.2 Å². The Hall–Kier alpha value is -2.70. The molecule has 7 heteroatoms. The Labute approximate surface area is 172 Å². The first-order valence-corrected chi connectivity index (χ1v) is 9.93. The number of carbonyl (C=O) groups is 2. The molecule has 0 aliphatic rings. The molecule has 142 valence electrons. The molecule has 1 heterocycles. The highest BCUT2D eigenvalue weighted by Gasteiger charge is 2.18. The fourth-order valence-corrected chi connectivity index (χ4v) is 3.79. The van der Waals surface area contributed by atoms with E-state index in [9.17, 15) is 9.59 Å². The zero-order valence-corrected chi connectivity index (χ0v) is 17.0. The molecule has 0 unspecified atom stereocenters. The average molecular weight is 412 g/mol. The van der Waals surface area contributed by atoms with Crippen LogP contribution in [0.1, 0.15) is 23.0 Å². The molecule has 3 rings (SSSR count). The standard InChI is InChI=1S/C21H18ClN3O2S/c1-13-19(14(2)26)21(25-20(23-13)15-7-4-3-5-8-15)28-12-18(27)24-17-10-6-9-16(22)11-17/h3-11H,12H2,1-2H3,(H,24,27). The van der Waals surface area contributed by atoms with Crippen molar-refractivity contribution in [2.75, 3.05) is 11.1 Å². The van der Waals surface area contributed by atoms with Crippen LogP contribution < -0.4 is 5.32 Å². The minimum absolute atomic E-state index is 0.109. The molecule has 1 aromatic heterocycles. The van der Waals surface area contributed by atoms with E-state index in [1.807, 2.05) is 30.3 Å². The minimum atomic E-state index is -0.209. The Morgan fingerprint density at radius 1 is 1.07 bits per heavy atom. The summed E-state index contributed by atoms with van der Waals surface area (Å²) in [6.45, 7) is 3.25. The fourth-order valence-electron chi connectivity index (χ4n) is 2.67. The summed E-state index contributed by atoms with van der Waals surface area (Å²) < 4.78 is 0. The van der Waals surface area contributed by atoms with Crippen molar-refractivity contribution in [2.24, 2.45) is 0 Å². The molecule has 1 N–H and O–H groups in total. The van der Waals surface area contributed by atoms with Crippen LogP contribution in [0.25, 0.3) is 11.4 Å². The largest absolute Gasteiger partial charge is 0.325 e. The molecule has 0 bridgehead atoms. The number of aromatic nitrogens is 2. The molecule has 0 saturated carbocycles. The van der Waals surface area contributed by atoms with Crippen LogP contribution in [0.2, 0.25) is 5.02 Å². The third-order valence-electron chi connectivity index (χ3n) is 3.89. The van der Waals surface area contributed by atoms with Crippen LogP contribution >= 0.6 is 23.4 Å². The minimum Gasteiger partial charge on any atom is -0.325 e. The van der Waals surface area contributed by atoms with Gasteiger partial charge in [0, 0.05) is 16.3 Å². The molecule has 1 amide bonds. The molecular formula is C21H18ClN3O2S. The number of benzene rings is 2. The van der Waals surface area contributed by atoms with Gasteiger partial charge in [0.05, 0.1) is 17.0 Å². The van der Waals surface area contributed by atoms with E-state index in [4.69, 9.17) is 11.6 Å². The van der Waals surface area contributed by atoms with Crippen LogP contribution in [-0.4, -0.2) is 27.4 Å². The number of halogens is 1. The van der Waals surface area contributed by atoms with Gasteiger partial charge in [-0.05, 0) is 32.0 Å². The van der Waals surface area contributed by atoms with Gasteiger partial charge in [-0.2, -0.15) is 0 Å². The summed E-state index contributed by atoms with van der Waals surface area (Å²) in [6, 6.07) is 16.5. The predicted octanol–water partition coefficient (Wildman–Crippen LogP) is 5.04. The number of rotatable bonds is 6. The van der Waals surface area contributed by atoms with Crippen LogP contribution in [0.4, 0.5) is 5.69 Å². The lowest BCUT2D eigenvalue weighted by Gasteiger charge is -2.11. The van der Waals surface area contributed by atoms with Crippen molar-refractivity contribution < 1.29 is 9.59 Å². The monoisotopic (exact) mass is 411 g/mol. The maximum Gasteiger partial charge on any atom is 0.234 e. The second-order valence-electron chi connectivity index (χ2n) is 6.08. The lowest BCUT2D eigenvalue weighted by Crippen LogP contribution is -2.15. The molecule has 28 heavy (non-hydrogen) atoms. The molecule has 0 spiro atoms. The summed E-state index contributed by atoms with van der Waals surface area (Å²) in [5, 5.41) is 3.83. The highest BCUT2D eigenvalue weighted by atomic mass is 35.5. The Morgan fingerprint density at radius 2 is 1.82 bits per heavy atom. The Bertz CT molecular complexity index is 1030. The second kappa shape index (κ2) is 8.99. The van der Waals surface area contributed by atoms with Gasteiger partial charge in [-0.25, -0.2) is 9.97 Å². The van der Waals surface area contributed by atoms with E-state index < -0.39 is 0 Å². The summed E-state index contributed by atoms with van der Waals surface area (Å²) in [4.78, 5) is 33.4. The van der Waals surface area contributed by atoms with Crippen molar-refractivity contribution in [3.63, 3.8) is 0 Å². The number of hydrogen-bond donors (Lipinski definition) is 1. The van der Waals surface area contributed by atoms with Gasteiger partial charge < -0.3 is 5.32 Å². The van der Waals surface area contributed by atoms with Crippen LogP contribution in [0.3, 0.4) is 0 Å². The van der Waals surface area contributed by atoms with Crippen molar-refractivity contribution >= 4 is 40.7 Å². The highest BCUT2D eigenvalue weighted by Crippen LogP contribution is 2.27. The number of Topliss-reactive ketones (excluding diaryl/α,β-unsaturated/α-hetero) is 1. The number of carbonyl (C=O) groups excluding carboxylic acids is 2. The third kappa shape index (κ3) is 4.97. The first kappa shape index (κ1) is 20.0. The van der Waals surface area contributed by atoms with Crippen molar-refractivity contribution in [3.8, 4) is 11.4 Å². The Balaban J connectivity index is 1.82. The van der Waals surface area contributed by atoms with Gasteiger partial charge >= 0.3 is 0 Å². The van der Waals surface area contributed by atoms with Crippen LogP contribution in [0.15, 0.2) is 59.6 Å². The predicted molar refractivity (Wildman–Crippen MR) is 113 cm³/mol. The third-order valence-corrected chi connectivity index (χ3v) is 5.10. The van der Waals surface area contributed by atoms with E-state index in [0.29, 0.717) is 32.8 Å². The number of ketones is 1. The van der Waals surface area contributed by atoms with Gasteiger partial charge in [0.15, 0.2) is 11.6 Å². The molecule has 0 atom stereocenters. The lowest BCUT2D eigenvalue weighted by atomic mass is 10.1. The number of aryl methyl sites for hydroxylation is 1. The summed E-state index contributed by atoms with van der Waals surface area (Å²) in [5.41, 5.74) is 2.51. The fraction of sp³-hybridized carbons (Fsp3) is 0.143. The van der Waals surface area contributed by atoms with Gasteiger partial charge in [-0.1, -0.05) is 59.8 Å². The van der Waals surface area contributed by atoms with Crippen molar-refractivity contribution in [3.05, 3.63) is 70.9 Å². The molecule has 0 aliphatic carbocycles. The van der Waals surface area contributed by atoms with Crippen LogP contribution in [-0.2, 0) is 4.79 Å². The summed E-state index contributed by atoms with van der Waals surface area (Å²) in [6.07, 6.45) is 0. The second-order valence-corrected chi connectivity index (χ2v) is 7.48. The quantitative estimate of drug-likeness (QED) is 0.349. The average Bonchev–Trinajstić information content (AvgIpc) is 2.66. The Morgan fingerprint density at radius 3 is 2.50 bits per heavy atom.